The first-order chi connectivity index (χ1) is 9.95. The van der Waals surface area contributed by atoms with E-state index in [1.807, 2.05) is 25.1 Å². The maximum Gasteiger partial charge on any atom is 0.259 e. The van der Waals surface area contributed by atoms with Crippen LogP contribution in [0.2, 0.25) is 0 Å². The summed E-state index contributed by atoms with van der Waals surface area (Å²) in [5, 5.41) is 0.631. The monoisotopic (exact) mass is 278 g/mol. The lowest BCUT2D eigenvalue weighted by molar-refractivity contribution is 1.16. The summed E-state index contributed by atoms with van der Waals surface area (Å²) in [6.45, 7) is 8.20. The van der Waals surface area contributed by atoms with E-state index < -0.39 is 0 Å². The van der Waals surface area contributed by atoms with Crippen molar-refractivity contribution in [2.75, 3.05) is 0 Å². The Morgan fingerprint density at radius 2 is 1.71 bits per heavy atom. The Labute approximate surface area is 123 Å². The van der Waals surface area contributed by atoms with Gasteiger partial charge in [0.15, 0.2) is 0 Å². The molecular formula is C18H18N2O. The average Bonchev–Trinajstić information content (AvgIpc) is 2.42. The molecule has 0 atom stereocenters. The molecule has 3 nitrogen and oxygen atoms in total. The topological polar surface area (TPSA) is 45.8 Å². The molecular weight excluding hydrogens is 260 g/mol. The number of fused-ring (bicyclic) bond motifs is 1. The van der Waals surface area contributed by atoms with E-state index in [2.05, 4.69) is 42.9 Å². The Kier molecular flexibility index (Phi) is 3.13. The molecule has 0 spiro atoms. The van der Waals surface area contributed by atoms with E-state index in [1.165, 1.54) is 11.1 Å². The van der Waals surface area contributed by atoms with E-state index in [-0.39, 0.29) is 5.56 Å². The van der Waals surface area contributed by atoms with E-state index >= 15 is 0 Å². The fourth-order valence-electron chi connectivity index (χ4n) is 2.66. The Morgan fingerprint density at radius 3 is 2.48 bits per heavy atom. The third-order valence-corrected chi connectivity index (χ3v) is 3.93. The van der Waals surface area contributed by atoms with Crippen LogP contribution in [-0.2, 0) is 0 Å². The van der Waals surface area contributed by atoms with Crippen LogP contribution in [0.5, 0.6) is 0 Å². The number of nitrogens with one attached hydrogen (secondary N) is 1. The lowest BCUT2D eigenvalue weighted by Crippen LogP contribution is -2.10. The van der Waals surface area contributed by atoms with Crippen molar-refractivity contribution in [3.05, 3.63) is 62.9 Å². The van der Waals surface area contributed by atoms with Crippen LogP contribution in [0.15, 0.2) is 35.1 Å². The van der Waals surface area contributed by atoms with Crippen molar-refractivity contribution in [1.82, 2.24) is 9.97 Å². The number of hydrogen-bond donors (Lipinski definition) is 1. The molecule has 0 unspecified atom stereocenters. The van der Waals surface area contributed by atoms with E-state index in [4.69, 9.17) is 0 Å². The predicted octanol–water partition coefficient (Wildman–Crippen LogP) is 3.82. The van der Waals surface area contributed by atoms with E-state index in [1.54, 1.807) is 0 Å². The number of rotatable bonds is 1. The van der Waals surface area contributed by atoms with Gasteiger partial charge < -0.3 is 4.98 Å². The highest BCUT2D eigenvalue weighted by molar-refractivity contribution is 5.80. The van der Waals surface area contributed by atoms with Crippen molar-refractivity contribution in [3.8, 4) is 11.4 Å². The first-order valence-corrected chi connectivity index (χ1v) is 7.04. The molecule has 0 amide bonds. The van der Waals surface area contributed by atoms with Crippen LogP contribution >= 0.6 is 0 Å². The zero-order valence-electron chi connectivity index (χ0n) is 12.7. The Morgan fingerprint density at radius 1 is 0.952 bits per heavy atom. The van der Waals surface area contributed by atoms with Crippen LogP contribution in [-0.4, -0.2) is 9.97 Å². The molecule has 0 fully saturated rings. The van der Waals surface area contributed by atoms with Gasteiger partial charge in [-0.2, -0.15) is 0 Å². The second-order valence-corrected chi connectivity index (χ2v) is 5.69. The quantitative estimate of drug-likeness (QED) is 0.735. The highest BCUT2D eigenvalue weighted by Gasteiger charge is 2.10. The number of hydrogen-bond acceptors (Lipinski definition) is 2. The molecule has 3 heteroatoms. The van der Waals surface area contributed by atoms with Gasteiger partial charge in [0.1, 0.15) is 5.82 Å². The molecule has 3 rings (SSSR count). The minimum absolute atomic E-state index is 0.0893. The fourth-order valence-corrected chi connectivity index (χ4v) is 2.66. The summed E-state index contributed by atoms with van der Waals surface area (Å²) in [4.78, 5) is 19.8. The van der Waals surface area contributed by atoms with Crippen LogP contribution in [0.25, 0.3) is 22.3 Å². The number of aromatic amines is 1. The summed E-state index contributed by atoms with van der Waals surface area (Å²) in [5.74, 6) is 0.641. The molecule has 1 N–H and O–H groups in total. The highest BCUT2D eigenvalue weighted by Crippen LogP contribution is 2.24. The molecule has 1 aromatic heterocycles. The van der Waals surface area contributed by atoms with Crippen LogP contribution in [0.4, 0.5) is 0 Å². The minimum atomic E-state index is -0.0893. The fraction of sp³-hybridized carbons (Fsp3) is 0.222. The molecule has 3 aromatic rings. The number of aromatic nitrogens is 2. The Hall–Kier alpha value is -2.42. The predicted molar refractivity (Wildman–Crippen MR) is 86.7 cm³/mol. The SMILES string of the molecule is Cc1cc(C)c(C)c(-c2nc3cc(C)ccc3c(=O)[nH]2)c1. The van der Waals surface area contributed by atoms with Crippen LogP contribution in [0.3, 0.4) is 0 Å². The maximum atomic E-state index is 12.3. The third kappa shape index (κ3) is 2.35. The molecule has 0 aliphatic carbocycles. The summed E-state index contributed by atoms with van der Waals surface area (Å²) in [6.07, 6.45) is 0. The second-order valence-electron chi connectivity index (χ2n) is 5.69. The molecule has 0 bridgehead atoms. The largest absolute Gasteiger partial charge is 0.306 e. The van der Waals surface area contributed by atoms with Gasteiger partial charge in [-0.05, 0) is 62.6 Å². The molecule has 2 aromatic carbocycles. The summed E-state index contributed by atoms with van der Waals surface area (Å²) in [5.41, 5.74) is 6.27. The summed E-state index contributed by atoms with van der Waals surface area (Å²) in [6, 6.07) is 9.92. The van der Waals surface area contributed by atoms with Gasteiger partial charge in [-0.1, -0.05) is 17.7 Å². The van der Waals surface area contributed by atoms with E-state index in [0.29, 0.717) is 11.2 Å². The zero-order valence-corrected chi connectivity index (χ0v) is 12.7. The van der Waals surface area contributed by atoms with Gasteiger partial charge in [-0.15, -0.1) is 0 Å². The van der Waals surface area contributed by atoms with Crippen molar-refractivity contribution >= 4 is 10.9 Å². The molecule has 0 radical (unpaired) electrons. The first-order valence-electron chi connectivity index (χ1n) is 7.04. The number of aryl methyl sites for hydroxylation is 3. The minimum Gasteiger partial charge on any atom is -0.306 e. The van der Waals surface area contributed by atoms with Crippen molar-refractivity contribution in [2.45, 2.75) is 27.7 Å². The molecule has 0 saturated carbocycles. The normalized spacial score (nSPS) is 11.0. The number of benzene rings is 2. The Bertz CT molecular complexity index is 907. The van der Waals surface area contributed by atoms with Crippen molar-refractivity contribution in [2.24, 2.45) is 0 Å². The number of nitrogens with zero attached hydrogens (tertiary/aromatic N) is 1. The molecule has 0 aliphatic heterocycles. The smallest absolute Gasteiger partial charge is 0.259 e. The second kappa shape index (κ2) is 4.85. The van der Waals surface area contributed by atoms with Crippen LogP contribution in [0.1, 0.15) is 22.3 Å². The van der Waals surface area contributed by atoms with E-state index in [0.717, 1.165) is 22.2 Å². The molecule has 0 aliphatic rings. The van der Waals surface area contributed by atoms with Gasteiger partial charge in [-0.3, -0.25) is 4.79 Å². The van der Waals surface area contributed by atoms with E-state index in [9.17, 15) is 4.79 Å². The van der Waals surface area contributed by atoms with Gasteiger partial charge in [0.2, 0.25) is 0 Å². The summed E-state index contributed by atoms with van der Waals surface area (Å²) in [7, 11) is 0. The lowest BCUT2D eigenvalue weighted by atomic mass is 9.99. The van der Waals surface area contributed by atoms with Gasteiger partial charge in [0, 0.05) is 5.56 Å². The average molecular weight is 278 g/mol. The van der Waals surface area contributed by atoms with Gasteiger partial charge in [0.25, 0.3) is 5.56 Å². The molecule has 106 valence electrons. The third-order valence-electron chi connectivity index (χ3n) is 3.93. The lowest BCUT2D eigenvalue weighted by Gasteiger charge is -2.10. The van der Waals surface area contributed by atoms with Gasteiger partial charge in [0.05, 0.1) is 10.9 Å². The van der Waals surface area contributed by atoms with Crippen molar-refractivity contribution < 1.29 is 0 Å². The van der Waals surface area contributed by atoms with Crippen LogP contribution in [0, 0.1) is 27.7 Å². The Balaban J connectivity index is 2.34. The zero-order chi connectivity index (χ0) is 15.1. The standard InChI is InChI=1S/C18H18N2O/c1-10-5-6-14-16(9-10)19-17(20-18(14)21)15-8-11(2)7-12(3)13(15)4/h5-9H,1-4H3,(H,19,20,21). The molecule has 1 heterocycles. The van der Waals surface area contributed by atoms with Gasteiger partial charge in [-0.25, -0.2) is 4.98 Å². The number of H-pyrrole nitrogens is 1. The summed E-state index contributed by atoms with van der Waals surface area (Å²) < 4.78 is 0. The van der Waals surface area contributed by atoms with Crippen LogP contribution < -0.4 is 5.56 Å². The van der Waals surface area contributed by atoms with Crippen molar-refractivity contribution in [3.63, 3.8) is 0 Å². The highest BCUT2D eigenvalue weighted by atomic mass is 16.1. The first kappa shape index (κ1) is 13.6. The molecule has 21 heavy (non-hydrogen) atoms. The molecule has 0 saturated heterocycles. The maximum absolute atomic E-state index is 12.3. The van der Waals surface area contributed by atoms with Crippen molar-refractivity contribution in [1.29, 1.82) is 0 Å². The van der Waals surface area contributed by atoms with Gasteiger partial charge >= 0.3 is 0 Å². The summed E-state index contributed by atoms with van der Waals surface area (Å²) >= 11 is 0.